The molecular weight excluding hydrogens is 306 g/mol. The zero-order valence-electron chi connectivity index (χ0n) is 12.1. The Kier molecular flexibility index (Phi) is 4.60. The van der Waals surface area contributed by atoms with Gasteiger partial charge in [0.05, 0.1) is 0 Å². The van der Waals surface area contributed by atoms with Crippen molar-refractivity contribution in [3.63, 3.8) is 0 Å². The van der Waals surface area contributed by atoms with E-state index in [1.807, 2.05) is 24.3 Å². The Balaban J connectivity index is 1.57. The summed E-state index contributed by atoms with van der Waals surface area (Å²) in [5.41, 5.74) is 1.97. The largest absolute Gasteiger partial charge is 0.369 e. The van der Waals surface area contributed by atoms with E-state index in [0.717, 1.165) is 42.5 Å². The first-order valence-electron chi connectivity index (χ1n) is 7.28. The van der Waals surface area contributed by atoms with Gasteiger partial charge in [0.25, 0.3) is 0 Å². The fraction of sp³-hybridized carbons (Fsp3) is 0.294. The standard InChI is InChI=1S/C17H17ClF2N2/c18-14-2-4-15(5-3-14)22-9-7-21(8-10-22)12-13-1-6-16(19)17(20)11-13/h1-6,11H,7-10,12H2. The van der Waals surface area contributed by atoms with E-state index >= 15 is 0 Å². The Morgan fingerprint density at radius 3 is 2.18 bits per heavy atom. The van der Waals surface area contributed by atoms with Gasteiger partial charge in [0, 0.05) is 43.4 Å². The van der Waals surface area contributed by atoms with Crippen molar-refractivity contribution in [1.29, 1.82) is 0 Å². The second kappa shape index (κ2) is 6.63. The molecule has 0 N–H and O–H groups in total. The first-order valence-corrected chi connectivity index (χ1v) is 7.66. The minimum atomic E-state index is -0.795. The summed E-state index contributed by atoms with van der Waals surface area (Å²) in [5, 5.41) is 0.737. The summed E-state index contributed by atoms with van der Waals surface area (Å²) in [6.07, 6.45) is 0. The molecule has 22 heavy (non-hydrogen) atoms. The van der Waals surface area contributed by atoms with Crippen molar-refractivity contribution in [2.45, 2.75) is 6.54 Å². The first kappa shape index (κ1) is 15.3. The molecule has 0 radical (unpaired) electrons. The van der Waals surface area contributed by atoms with Gasteiger partial charge in [-0.2, -0.15) is 0 Å². The minimum absolute atomic E-state index is 0.645. The van der Waals surface area contributed by atoms with E-state index in [4.69, 9.17) is 11.6 Å². The number of nitrogens with zero attached hydrogens (tertiary/aromatic N) is 2. The van der Waals surface area contributed by atoms with Gasteiger partial charge in [-0.15, -0.1) is 0 Å². The van der Waals surface area contributed by atoms with Crippen LogP contribution in [0.25, 0.3) is 0 Å². The lowest BCUT2D eigenvalue weighted by Crippen LogP contribution is -2.45. The third-order valence-corrected chi connectivity index (χ3v) is 4.21. The summed E-state index contributed by atoms with van der Waals surface area (Å²) in [7, 11) is 0. The van der Waals surface area contributed by atoms with Gasteiger partial charge in [-0.25, -0.2) is 8.78 Å². The zero-order valence-corrected chi connectivity index (χ0v) is 12.9. The van der Waals surface area contributed by atoms with Crippen LogP contribution in [0, 0.1) is 11.6 Å². The molecule has 2 nitrogen and oxygen atoms in total. The average Bonchev–Trinajstić information content (AvgIpc) is 2.53. The van der Waals surface area contributed by atoms with E-state index in [9.17, 15) is 8.78 Å². The maximum absolute atomic E-state index is 13.2. The van der Waals surface area contributed by atoms with E-state index < -0.39 is 11.6 Å². The quantitative estimate of drug-likeness (QED) is 0.844. The number of piperazine rings is 1. The Bertz CT molecular complexity index is 638. The molecule has 1 fully saturated rings. The molecule has 5 heteroatoms. The molecule has 0 aliphatic carbocycles. The molecule has 3 rings (SSSR count). The van der Waals surface area contributed by atoms with Crippen LogP contribution in [0.15, 0.2) is 42.5 Å². The van der Waals surface area contributed by atoms with Crippen LogP contribution in [0.1, 0.15) is 5.56 Å². The zero-order chi connectivity index (χ0) is 15.5. The van der Waals surface area contributed by atoms with Crippen LogP contribution in [0.4, 0.5) is 14.5 Å². The van der Waals surface area contributed by atoms with Crippen molar-refractivity contribution in [3.8, 4) is 0 Å². The van der Waals surface area contributed by atoms with E-state index in [0.29, 0.717) is 6.54 Å². The fourth-order valence-electron chi connectivity index (χ4n) is 2.71. The molecular formula is C17H17ClF2N2. The van der Waals surface area contributed by atoms with E-state index in [-0.39, 0.29) is 0 Å². The Morgan fingerprint density at radius 1 is 0.864 bits per heavy atom. The molecule has 0 saturated carbocycles. The number of anilines is 1. The highest BCUT2D eigenvalue weighted by atomic mass is 35.5. The molecule has 0 aromatic heterocycles. The molecule has 0 bridgehead atoms. The number of hydrogen-bond donors (Lipinski definition) is 0. The lowest BCUT2D eigenvalue weighted by atomic mass is 10.1. The van der Waals surface area contributed by atoms with Crippen LogP contribution < -0.4 is 4.90 Å². The number of benzene rings is 2. The number of rotatable bonds is 3. The normalized spacial score (nSPS) is 16.0. The molecule has 2 aromatic carbocycles. The van der Waals surface area contributed by atoms with Gasteiger partial charge in [-0.1, -0.05) is 17.7 Å². The second-order valence-electron chi connectivity index (χ2n) is 5.49. The van der Waals surface area contributed by atoms with Crippen molar-refractivity contribution in [2.75, 3.05) is 31.1 Å². The third kappa shape index (κ3) is 3.57. The van der Waals surface area contributed by atoms with Gasteiger partial charge < -0.3 is 4.90 Å². The Morgan fingerprint density at radius 2 is 1.55 bits per heavy atom. The van der Waals surface area contributed by atoms with E-state index in [2.05, 4.69) is 9.80 Å². The van der Waals surface area contributed by atoms with Crippen molar-refractivity contribution in [1.82, 2.24) is 4.90 Å². The van der Waals surface area contributed by atoms with Gasteiger partial charge in [0.1, 0.15) is 0 Å². The SMILES string of the molecule is Fc1ccc(CN2CCN(c3ccc(Cl)cc3)CC2)cc1F. The van der Waals surface area contributed by atoms with Crippen LogP contribution >= 0.6 is 11.6 Å². The van der Waals surface area contributed by atoms with Gasteiger partial charge in [0.15, 0.2) is 11.6 Å². The smallest absolute Gasteiger partial charge is 0.159 e. The fourth-order valence-corrected chi connectivity index (χ4v) is 2.84. The summed E-state index contributed by atoms with van der Waals surface area (Å²) in [4.78, 5) is 4.55. The molecule has 1 aliphatic heterocycles. The van der Waals surface area contributed by atoms with Crippen LogP contribution in [-0.2, 0) is 6.54 Å². The maximum atomic E-state index is 13.2. The van der Waals surface area contributed by atoms with Gasteiger partial charge in [-0.05, 0) is 42.0 Å². The minimum Gasteiger partial charge on any atom is -0.369 e. The molecule has 2 aromatic rings. The van der Waals surface area contributed by atoms with E-state index in [1.165, 1.54) is 12.1 Å². The van der Waals surface area contributed by atoms with E-state index in [1.54, 1.807) is 6.07 Å². The van der Waals surface area contributed by atoms with Crippen LogP contribution in [0.3, 0.4) is 0 Å². The number of halogens is 3. The summed E-state index contributed by atoms with van der Waals surface area (Å²) >= 11 is 5.90. The van der Waals surface area contributed by atoms with Crippen molar-refractivity contribution < 1.29 is 8.78 Å². The lowest BCUT2D eigenvalue weighted by molar-refractivity contribution is 0.249. The molecule has 0 spiro atoms. The highest BCUT2D eigenvalue weighted by molar-refractivity contribution is 6.30. The molecule has 1 saturated heterocycles. The average molecular weight is 323 g/mol. The topological polar surface area (TPSA) is 6.48 Å². The molecule has 1 heterocycles. The monoisotopic (exact) mass is 322 g/mol. The summed E-state index contributed by atoms with van der Waals surface area (Å²) in [5.74, 6) is -1.58. The first-order chi connectivity index (χ1) is 10.6. The summed E-state index contributed by atoms with van der Waals surface area (Å²) in [6.45, 7) is 4.24. The predicted molar refractivity (Wildman–Crippen MR) is 85.3 cm³/mol. The third-order valence-electron chi connectivity index (χ3n) is 3.95. The Hall–Kier alpha value is -1.65. The van der Waals surface area contributed by atoms with Crippen LogP contribution in [0.2, 0.25) is 5.02 Å². The van der Waals surface area contributed by atoms with Crippen molar-refractivity contribution in [3.05, 3.63) is 64.7 Å². The van der Waals surface area contributed by atoms with Gasteiger partial charge in [-0.3, -0.25) is 4.90 Å². The molecule has 0 atom stereocenters. The highest BCUT2D eigenvalue weighted by Gasteiger charge is 2.17. The molecule has 1 aliphatic rings. The van der Waals surface area contributed by atoms with Gasteiger partial charge in [0.2, 0.25) is 0 Å². The lowest BCUT2D eigenvalue weighted by Gasteiger charge is -2.36. The van der Waals surface area contributed by atoms with Gasteiger partial charge >= 0.3 is 0 Å². The van der Waals surface area contributed by atoms with Crippen molar-refractivity contribution >= 4 is 17.3 Å². The highest BCUT2D eigenvalue weighted by Crippen LogP contribution is 2.20. The summed E-state index contributed by atoms with van der Waals surface area (Å²) < 4.78 is 26.2. The molecule has 116 valence electrons. The van der Waals surface area contributed by atoms with Crippen LogP contribution in [-0.4, -0.2) is 31.1 Å². The molecule has 0 unspecified atom stereocenters. The molecule has 0 amide bonds. The van der Waals surface area contributed by atoms with Crippen LogP contribution in [0.5, 0.6) is 0 Å². The number of hydrogen-bond acceptors (Lipinski definition) is 2. The van der Waals surface area contributed by atoms with Crippen molar-refractivity contribution in [2.24, 2.45) is 0 Å². The predicted octanol–water partition coefficient (Wildman–Crippen LogP) is 3.94. The second-order valence-corrected chi connectivity index (χ2v) is 5.92. The summed E-state index contributed by atoms with van der Waals surface area (Å²) in [6, 6.07) is 11.9. The maximum Gasteiger partial charge on any atom is 0.159 e. The Labute approximate surface area is 133 Å².